The lowest BCUT2D eigenvalue weighted by atomic mass is 10.2. The van der Waals surface area contributed by atoms with Crippen LogP contribution in [0.2, 0.25) is 0 Å². The van der Waals surface area contributed by atoms with E-state index in [0.717, 1.165) is 4.31 Å². The van der Waals surface area contributed by atoms with Crippen molar-refractivity contribution in [3.63, 3.8) is 0 Å². The molecule has 6 nitrogen and oxygen atoms in total. The van der Waals surface area contributed by atoms with E-state index in [2.05, 4.69) is 16.6 Å². The van der Waals surface area contributed by atoms with Crippen LogP contribution >= 0.6 is 0 Å². The molecule has 0 fully saturated rings. The number of sulfonamides is 1. The van der Waals surface area contributed by atoms with E-state index in [9.17, 15) is 13.2 Å². The lowest BCUT2D eigenvalue weighted by Gasteiger charge is -2.15. The summed E-state index contributed by atoms with van der Waals surface area (Å²) in [5, 5.41) is 8.66. The van der Waals surface area contributed by atoms with E-state index >= 15 is 0 Å². The summed E-state index contributed by atoms with van der Waals surface area (Å²) in [7, 11) is -1.29. The molecule has 0 aliphatic rings. The third-order valence-corrected chi connectivity index (χ3v) is 4.39. The maximum Gasteiger partial charge on any atom is 0.321 e. The van der Waals surface area contributed by atoms with Gasteiger partial charge in [-0.1, -0.05) is 17.9 Å². The average Bonchev–Trinajstić information content (AvgIpc) is 2.47. The van der Waals surface area contributed by atoms with Crippen LogP contribution in [0.15, 0.2) is 29.2 Å². The lowest BCUT2D eigenvalue weighted by Crippen LogP contribution is -2.32. The number of methoxy groups -OCH3 is 1. The molecule has 0 bridgehead atoms. The highest BCUT2D eigenvalue weighted by molar-refractivity contribution is 7.89. The third kappa shape index (κ3) is 4.86. The van der Waals surface area contributed by atoms with Gasteiger partial charge in [0.2, 0.25) is 10.0 Å². The van der Waals surface area contributed by atoms with E-state index < -0.39 is 16.0 Å². The molecule has 0 aliphatic heterocycles. The number of benzene rings is 1. The molecule has 0 atom stereocenters. The fourth-order valence-corrected chi connectivity index (χ4v) is 2.63. The second kappa shape index (κ2) is 7.78. The number of carbonyl (C=O) groups excluding carboxylic acids is 1. The molecule has 1 N–H and O–H groups in total. The summed E-state index contributed by atoms with van der Waals surface area (Å²) in [4.78, 5) is 11.2. The first kappa shape index (κ1) is 17.2. The molecule has 0 spiro atoms. The SMILES string of the molecule is COC(=O)CN(C)S(=O)(=O)c1cccc(C#CCCO)c1. The quantitative estimate of drug-likeness (QED) is 0.621. The number of ether oxygens (including phenoxy) is 1. The van der Waals surface area contributed by atoms with E-state index in [1.165, 1.54) is 26.3 Å². The van der Waals surface area contributed by atoms with Crippen LogP contribution < -0.4 is 0 Å². The first-order valence-corrected chi connectivity index (χ1v) is 7.58. The Morgan fingerprint density at radius 2 is 2.14 bits per heavy atom. The number of hydrogen-bond donors (Lipinski definition) is 1. The van der Waals surface area contributed by atoms with Crippen LogP contribution in [-0.4, -0.2) is 51.1 Å². The molecular weight excluding hydrogens is 294 g/mol. The van der Waals surface area contributed by atoms with E-state index in [0.29, 0.717) is 12.0 Å². The molecule has 0 amide bonds. The molecule has 0 saturated heterocycles. The maximum absolute atomic E-state index is 12.3. The van der Waals surface area contributed by atoms with Gasteiger partial charge in [0.1, 0.15) is 6.54 Å². The van der Waals surface area contributed by atoms with Crippen molar-refractivity contribution in [3.05, 3.63) is 29.8 Å². The van der Waals surface area contributed by atoms with Crippen molar-refractivity contribution in [2.24, 2.45) is 0 Å². The fraction of sp³-hybridized carbons (Fsp3) is 0.357. The van der Waals surface area contributed by atoms with Crippen LogP contribution in [0.4, 0.5) is 0 Å². The Labute approximate surface area is 124 Å². The molecule has 0 heterocycles. The van der Waals surface area contributed by atoms with Gasteiger partial charge in [0.05, 0.1) is 18.6 Å². The van der Waals surface area contributed by atoms with Gasteiger partial charge in [-0.2, -0.15) is 4.31 Å². The van der Waals surface area contributed by atoms with Crippen molar-refractivity contribution >= 4 is 16.0 Å². The molecule has 21 heavy (non-hydrogen) atoms. The van der Waals surface area contributed by atoms with Crippen LogP contribution in [0.1, 0.15) is 12.0 Å². The number of carbonyl (C=O) groups is 1. The summed E-state index contributed by atoms with van der Waals surface area (Å²) in [6.07, 6.45) is 0.319. The maximum atomic E-state index is 12.3. The highest BCUT2D eigenvalue weighted by atomic mass is 32.2. The molecule has 0 unspecified atom stereocenters. The number of hydrogen-bond acceptors (Lipinski definition) is 5. The average molecular weight is 311 g/mol. The number of aliphatic hydroxyl groups is 1. The monoisotopic (exact) mass is 311 g/mol. The van der Waals surface area contributed by atoms with Gasteiger partial charge in [0.15, 0.2) is 0 Å². The predicted octanol–water partition coefficient (Wildman–Crippen LogP) is 0.214. The lowest BCUT2D eigenvalue weighted by molar-refractivity contribution is -0.140. The molecule has 1 rings (SSSR count). The Morgan fingerprint density at radius 3 is 2.76 bits per heavy atom. The zero-order chi connectivity index (χ0) is 15.9. The van der Waals surface area contributed by atoms with Gasteiger partial charge < -0.3 is 9.84 Å². The molecule has 0 radical (unpaired) electrons. The number of rotatable bonds is 5. The van der Waals surface area contributed by atoms with E-state index in [1.807, 2.05) is 0 Å². The second-order valence-electron chi connectivity index (χ2n) is 4.14. The minimum Gasteiger partial charge on any atom is -0.468 e. The van der Waals surface area contributed by atoms with Crippen molar-refractivity contribution < 1.29 is 23.1 Å². The fourth-order valence-electron chi connectivity index (χ4n) is 1.47. The highest BCUT2D eigenvalue weighted by Crippen LogP contribution is 2.15. The van der Waals surface area contributed by atoms with Gasteiger partial charge in [-0.15, -0.1) is 0 Å². The molecule has 7 heteroatoms. The van der Waals surface area contributed by atoms with Crippen molar-refractivity contribution in [1.29, 1.82) is 0 Å². The number of esters is 1. The van der Waals surface area contributed by atoms with Crippen molar-refractivity contribution in [2.75, 3.05) is 27.3 Å². The smallest absolute Gasteiger partial charge is 0.321 e. The Kier molecular flexibility index (Phi) is 6.37. The molecule has 0 saturated carbocycles. The minimum atomic E-state index is -3.78. The van der Waals surface area contributed by atoms with E-state index in [1.54, 1.807) is 12.1 Å². The van der Waals surface area contributed by atoms with Gasteiger partial charge >= 0.3 is 5.97 Å². The summed E-state index contributed by atoms with van der Waals surface area (Å²) < 4.78 is 30.0. The summed E-state index contributed by atoms with van der Waals surface area (Å²) in [5.41, 5.74) is 0.524. The minimum absolute atomic E-state index is 0.0460. The first-order chi connectivity index (χ1) is 9.91. The van der Waals surface area contributed by atoms with Crippen LogP contribution in [-0.2, 0) is 19.6 Å². The van der Waals surface area contributed by atoms with Gasteiger partial charge in [-0.25, -0.2) is 8.42 Å². The molecule has 0 aliphatic carbocycles. The topological polar surface area (TPSA) is 83.9 Å². The molecule has 114 valence electrons. The number of likely N-dealkylation sites (N-methyl/N-ethyl adjacent to an activating group) is 1. The zero-order valence-corrected chi connectivity index (χ0v) is 12.7. The van der Waals surface area contributed by atoms with Crippen LogP contribution in [0.25, 0.3) is 0 Å². The second-order valence-corrected chi connectivity index (χ2v) is 6.19. The molecule has 1 aromatic carbocycles. The van der Waals surface area contributed by atoms with Crippen molar-refractivity contribution in [3.8, 4) is 11.8 Å². The highest BCUT2D eigenvalue weighted by Gasteiger charge is 2.23. The van der Waals surface area contributed by atoms with Gasteiger partial charge in [0, 0.05) is 19.0 Å². The summed E-state index contributed by atoms with van der Waals surface area (Å²) in [6.45, 7) is -0.411. The largest absolute Gasteiger partial charge is 0.468 e. The van der Waals surface area contributed by atoms with Crippen molar-refractivity contribution in [2.45, 2.75) is 11.3 Å². The van der Waals surface area contributed by atoms with E-state index in [-0.39, 0.29) is 18.0 Å². The van der Waals surface area contributed by atoms with Gasteiger partial charge in [0.25, 0.3) is 0 Å². The molecule has 1 aromatic rings. The summed E-state index contributed by atoms with van der Waals surface area (Å²) in [5.74, 6) is 4.84. The van der Waals surface area contributed by atoms with Crippen LogP contribution in [0.5, 0.6) is 0 Å². The van der Waals surface area contributed by atoms with Crippen LogP contribution in [0.3, 0.4) is 0 Å². The Balaban J connectivity index is 3.01. The van der Waals surface area contributed by atoms with Gasteiger partial charge in [-0.3, -0.25) is 4.79 Å². The molecular formula is C14H17NO5S. The van der Waals surface area contributed by atoms with Gasteiger partial charge in [-0.05, 0) is 18.2 Å². The Hall–Kier alpha value is -1.88. The summed E-state index contributed by atoms with van der Waals surface area (Å²) >= 11 is 0. The Bertz CT molecular complexity index is 657. The first-order valence-electron chi connectivity index (χ1n) is 6.14. The third-order valence-electron chi connectivity index (χ3n) is 2.59. The van der Waals surface area contributed by atoms with E-state index in [4.69, 9.17) is 5.11 Å². The number of aliphatic hydroxyl groups excluding tert-OH is 1. The number of nitrogens with zero attached hydrogens (tertiary/aromatic N) is 1. The van der Waals surface area contributed by atoms with Crippen molar-refractivity contribution in [1.82, 2.24) is 4.31 Å². The zero-order valence-electron chi connectivity index (χ0n) is 11.9. The Morgan fingerprint density at radius 1 is 1.43 bits per heavy atom. The molecule has 0 aromatic heterocycles. The van der Waals surface area contributed by atoms with Crippen LogP contribution in [0, 0.1) is 11.8 Å². The summed E-state index contributed by atoms with van der Waals surface area (Å²) in [6, 6.07) is 6.10. The standard InChI is InChI=1S/C14H17NO5S/c1-15(11-14(17)20-2)21(18,19)13-8-5-7-12(10-13)6-3-4-9-16/h5,7-8,10,16H,4,9,11H2,1-2H3. The normalized spacial score (nSPS) is 10.9. The predicted molar refractivity (Wildman–Crippen MR) is 76.9 cm³/mol.